The Balaban J connectivity index is 1.38. The van der Waals surface area contributed by atoms with Crippen molar-refractivity contribution in [1.82, 2.24) is 10.2 Å². The first-order valence-corrected chi connectivity index (χ1v) is 9.48. The molecule has 0 unspecified atom stereocenters. The monoisotopic (exact) mass is 368 g/mol. The largest absolute Gasteiger partial charge is 0.489 e. The van der Waals surface area contributed by atoms with Gasteiger partial charge in [-0.15, -0.1) is 0 Å². The number of hydrogen-bond donors (Lipinski definition) is 1. The summed E-state index contributed by atoms with van der Waals surface area (Å²) >= 11 is 0. The molecule has 0 saturated carbocycles. The van der Waals surface area contributed by atoms with Crippen LogP contribution in [0.15, 0.2) is 41.0 Å². The summed E-state index contributed by atoms with van der Waals surface area (Å²) in [6.45, 7) is 5.34. The van der Waals surface area contributed by atoms with Gasteiger partial charge < -0.3 is 19.4 Å². The number of hydrogen-bond acceptors (Lipinski definition) is 4. The summed E-state index contributed by atoms with van der Waals surface area (Å²) in [5, 5.41) is 3.11. The molecule has 6 nitrogen and oxygen atoms in total. The normalized spacial score (nSPS) is 22.2. The van der Waals surface area contributed by atoms with E-state index in [2.05, 4.69) is 12.2 Å². The second-order valence-electron chi connectivity index (χ2n) is 7.35. The molecule has 0 spiro atoms. The summed E-state index contributed by atoms with van der Waals surface area (Å²) in [6.07, 6.45) is 3.02. The number of carbonyl (C=O) groups is 2. The van der Waals surface area contributed by atoms with Crippen LogP contribution in [0.3, 0.4) is 0 Å². The SMILES string of the molecule is C[C@H]1Oc2c(C(=O)NC3CCN(C(=O)c4ccco4)CC3)cccc2[C@@H]1C. The number of para-hydroxylation sites is 1. The highest BCUT2D eigenvalue weighted by molar-refractivity contribution is 5.98. The predicted octanol–water partition coefficient (Wildman–Crippen LogP) is 3.20. The minimum absolute atomic E-state index is 0.0465. The third kappa shape index (κ3) is 3.31. The summed E-state index contributed by atoms with van der Waals surface area (Å²) in [7, 11) is 0. The van der Waals surface area contributed by atoms with E-state index >= 15 is 0 Å². The van der Waals surface area contributed by atoms with E-state index in [1.807, 2.05) is 25.1 Å². The van der Waals surface area contributed by atoms with Crippen molar-refractivity contribution in [2.75, 3.05) is 13.1 Å². The summed E-state index contributed by atoms with van der Waals surface area (Å²) in [5.74, 6) is 1.15. The topological polar surface area (TPSA) is 71.8 Å². The molecule has 0 radical (unpaired) electrons. The third-order valence-corrected chi connectivity index (χ3v) is 5.64. The molecule has 2 aliphatic rings. The van der Waals surface area contributed by atoms with Gasteiger partial charge >= 0.3 is 0 Å². The molecule has 4 rings (SSSR count). The van der Waals surface area contributed by atoms with E-state index in [1.165, 1.54) is 6.26 Å². The molecule has 3 heterocycles. The number of likely N-dealkylation sites (tertiary alicyclic amines) is 1. The van der Waals surface area contributed by atoms with E-state index in [9.17, 15) is 9.59 Å². The Hall–Kier alpha value is -2.76. The molecule has 1 aromatic heterocycles. The molecule has 2 aromatic rings. The number of furan rings is 1. The molecule has 0 bridgehead atoms. The Morgan fingerprint density at radius 2 is 1.89 bits per heavy atom. The van der Waals surface area contributed by atoms with Crippen LogP contribution < -0.4 is 10.1 Å². The van der Waals surface area contributed by atoms with Crippen molar-refractivity contribution in [2.45, 2.75) is 44.8 Å². The van der Waals surface area contributed by atoms with Gasteiger partial charge in [-0.05, 0) is 38.0 Å². The lowest BCUT2D eigenvalue weighted by molar-refractivity contribution is 0.0667. The Kier molecular flexibility index (Phi) is 4.64. The molecule has 0 aliphatic carbocycles. The molecule has 27 heavy (non-hydrogen) atoms. The molecule has 6 heteroatoms. The fraction of sp³-hybridized carbons (Fsp3) is 0.429. The van der Waals surface area contributed by atoms with Crippen LogP contribution in [-0.4, -0.2) is 41.9 Å². The van der Waals surface area contributed by atoms with E-state index in [1.54, 1.807) is 17.0 Å². The van der Waals surface area contributed by atoms with Crippen molar-refractivity contribution in [3.63, 3.8) is 0 Å². The number of fused-ring (bicyclic) bond motifs is 1. The highest BCUT2D eigenvalue weighted by atomic mass is 16.5. The predicted molar refractivity (Wildman–Crippen MR) is 100 cm³/mol. The van der Waals surface area contributed by atoms with Crippen LogP contribution in [0.2, 0.25) is 0 Å². The minimum Gasteiger partial charge on any atom is -0.489 e. The van der Waals surface area contributed by atoms with Crippen molar-refractivity contribution in [1.29, 1.82) is 0 Å². The number of amides is 2. The maximum absolute atomic E-state index is 12.8. The van der Waals surface area contributed by atoms with Crippen LogP contribution in [0.1, 0.15) is 59.1 Å². The zero-order valence-electron chi connectivity index (χ0n) is 15.6. The van der Waals surface area contributed by atoms with Crippen molar-refractivity contribution in [2.24, 2.45) is 0 Å². The first-order chi connectivity index (χ1) is 13.0. The van der Waals surface area contributed by atoms with E-state index in [-0.39, 0.29) is 29.9 Å². The van der Waals surface area contributed by atoms with Crippen LogP contribution in [-0.2, 0) is 0 Å². The number of rotatable bonds is 3. The second-order valence-corrected chi connectivity index (χ2v) is 7.35. The van der Waals surface area contributed by atoms with E-state index in [0.29, 0.717) is 30.2 Å². The Bertz CT molecular complexity index is 838. The lowest BCUT2D eigenvalue weighted by Gasteiger charge is -2.32. The number of ether oxygens (including phenoxy) is 1. The number of nitrogens with one attached hydrogen (secondary N) is 1. The zero-order chi connectivity index (χ0) is 19.0. The third-order valence-electron chi connectivity index (χ3n) is 5.64. The standard InChI is InChI=1S/C21H24N2O4/c1-13-14(2)27-19-16(13)5-3-6-17(19)20(24)22-15-8-10-23(11-9-15)21(25)18-7-4-12-26-18/h3-7,12-15H,8-11H2,1-2H3,(H,22,24)/t13-,14-/m1/s1. The second kappa shape index (κ2) is 7.10. The van der Waals surface area contributed by atoms with Gasteiger partial charge in [0.25, 0.3) is 11.8 Å². The van der Waals surface area contributed by atoms with Crippen molar-refractivity contribution in [3.05, 3.63) is 53.5 Å². The van der Waals surface area contributed by atoms with E-state index in [0.717, 1.165) is 18.4 Å². The molecular weight excluding hydrogens is 344 g/mol. The van der Waals surface area contributed by atoms with Gasteiger partial charge in [-0.3, -0.25) is 9.59 Å². The lowest BCUT2D eigenvalue weighted by Crippen LogP contribution is -2.46. The van der Waals surface area contributed by atoms with Crippen molar-refractivity contribution < 1.29 is 18.7 Å². The first-order valence-electron chi connectivity index (χ1n) is 9.48. The first kappa shape index (κ1) is 17.6. The maximum Gasteiger partial charge on any atom is 0.289 e. The Labute approximate surface area is 158 Å². The van der Waals surface area contributed by atoms with Gasteiger partial charge in [-0.1, -0.05) is 19.1 Å². The Morgan fingerprint density at radius 3 is 2.59 bits per heavy atom. The van der Waals surface area contributed by atoms with E-state index < -0.39 is 0 Å². The summed E-state index contributed by atoms with van der Waals surface area (Å²) in [5.41, 5.74) is 1.69. The molecule has 1 saturated heterocycles. The number of benzene rings is 1. The molecule has 142 valence electrons. The number of piperidine rings is 1. The molecule has 1 N–H and O–H groups in total. The minimum atomic E-state index is -0.107. The van der Waals surface area contributed by atoms with Gasteiger partial charge in [0, 0.05) is 30.6 Å². The van der Waals surface area contributed by atoms with Crippen LogP contribution >= 0.6 is 0 Å². The molecule has 1 fully saturated rings. The molecule has 1 aromatic carbocycles. The molecule has 2 amide bonds. The van der Waals surface area contributed by atoms with Crippen molar-refractivity contribution >= 4 is 11.8 Å². The average molecular weight is 368 g/mol. The fourth-order valence-electron chi connectivity index (χ4n) is 3.81. The quantitative estimate of drug-likeness (QED) is 0.903. The summed E-state index contributed by atoms with van der Waals surface area (Å²) in [4.78, 5) is 26.9. The zero-order valence-corrected chi connectivity index (χ0v) is 15.6. The van der Waals surface area contributed by atoms with Gasteiger partial charge in [0.15, 0.2) is 5.76 Å². The van der Waals surface area contributed by atoms with Crippen LogP contribution in [0.5, 0.6) is 5.75 Å². The molecule has 2 atom stereocenters. The highest BCUT2D eigenvalue weighted by Gasteiger charge is 2.32. The van der Waals surface area contributed by atoms with Gasteiger partial charge in [0.2, 0.25) is 0 Å². The Morgan fingerprint density at radius 1 is 1.11 bits per heavy atom. The number of nitrogens with zero attached hydrogens (tertiary/aromatic N) is 1. The van der Waals surface area contributed by atoms with E-state index in [4.69, 9.17) is 9.15 Å². The summed E-state index contributed by atoms with van der Waals surface area (Å²) in [6, 6.07) is 9.19. The van der Waals surface area contributed by atoms with Crippen LogP contribution in [0.25, 0.3) is 0 Å². The number of carbonyl (C=O) groups excluding carboxylic acids is 2. The van der Waals surface area contributed by atoms with Gasteiger partial charge in [0.1, 0.15) is 11.9 Å². The van der Waals surface area contributed by atoms with Crippen molar-refractivity contribution in [3.8, 4) is 5.75 Å². The maximum atomic E-state index is 12.8. The lowest BCUT2D eigenvalue weighted by atomic mass is 9.96. The van der Waals surface area contributed by atoms with Crippen LogP contribution in [0, 0.1) is 0 Å². The van der Waals surface area contributed by atoms with Gasteiger partial charge in [0.05, 0.1) is 11.8 Å². The average Bonchev–Trinajstić information content (AvgIpc) is 3.31. The van der Waals surface area contributed by atoms with Gasteiger partial charge in [-0.25, -0.2) is 0 Å². The summed E-state index contributed by atoms with van der Waals surface area (Å²) < 4.78 is 11.1. The van der Waals surface area contributed by atoms with Crippen LogP contribution in [0.4, 0.5) is 0 Å². The molecule has 2 aliphatic heterocycles. The fourth-order valence-corrected chi connectivity index (χ4v) is 3.81. The highest BCUT2D eigenvalue weighted by Crippen LogP contribution is 2.40. The molecular formula is C21H24N2O4. The van der Waals surface area contributed by atoms with Gasteiger partial charge in [-0.2, -0.15) is 0 Å². The smallest absolute Gasteiger partial charge is 0.289 e.